The van der Waals surface area contributed by atoms with Crippen LogP contribution in [0, 0.1) is 36.4 Å². The zero-order chi connectivity index (χ0) is 58.8. The maximum absolute atomic E-state index is 16.1. The van der Waals surface area contributed by atoms with Crippen LogP contribution in [0.3, 0.4) is 0 Å². The number of carbonyl (C=O) groups excluding carboxylic acids is 5. The van der Waals surface area contributed by atoms with Crippen molar-refractivity contribution in [2.75, 3.05) is 45.3 Å². The Bertz CT molecular complexity index is 3310. The fourth-order valence-corrected chi connectivity index (χ4v) is 12.1. The third-order valence-corrected chi connectivity index (χ3v) is 17.0. The van der Waals surface area contributed by atoms with E-state index in [4.69, 9.17) is 23.7 Å². The molecule has 7 aliphatic rings. The van der Waals surface area contributed by atoms with E-state index >= 15 is 14.0 Å². The van der Waals surface area contributed by atoms with Crippen molar-refractivity contribution in [1.29, 1.82) is 0 Å². The molecule has 10 rings (SSSR count). The van der Waals surface area contributed by atoms with Crippen molar-refractivity contribution in [1.82, 2.24) is 20.1 Å². The van der Waals surface area contributed by atoms with Gasteiger partial charge in [0.2, 0.25) is 17.0 Å². The number of benzene rings is 2. The number of aliphatic hydroxyl groups is 2. The number of hydrogen-bond donors (Lipinski definition) is 6. The van der Waals surface area contributed by atoms with Crippen LogP contribution in [-0.4, -0.2) is 148 Å². The van der Waals surface area contributed by atoms with Gasteiger partial charge in [-0.2, -0.15) is 0 Å². The predicted molar refractivity (Wildman–Crippen MR) is 292 cm³/mol. The monoisotopic (exact) mass is 1120 g/mol. The summed E-state index contributed by atoms with van der Waals surface area (Å²) in [7, 11) is 2.79. The molecule has 0 radical (unpaired) electrons. The Labute approximate surface area is 467 Å². The van der Waals surface area contributed by atoms with E-state index in [0.29, 0.717) is 31.4 Å². The number of methoxy groups -OCH3 is 2. The minimum absolute atomic E-state index is 0.0443. The number of rotatable bonds is 9. The number of hydrogen-bond acceptors (Lipinski definition) is 18. The van der Waals surface area contributed by atoms with Gasteiger partial charge in [0.1, 0.15) is 40.2 Å². The maximum Gasteiger partial charge on any atom is 0.341 e. The molecule has 3 fully saturated rings. The Morgan fingerprint density at radius 3 is 2.17 bits per heavy atom. The van der Waals surface area contributed by atoms with Gasteiger partial charge in [0.25, 0.3) is 11.7 Å². The molecular formula is C59H70FN5O16. The standard InChI is InChI=1S/C59H70FN5O16/c1-26-12-11-13-27(2)57(74)62-43-46(63-19-16-33(17-20-63)61-34-23-64(24-34)45-38(60)22-36-44(55(45)78-10)65(35-14-15-35)25-37(50(36)70)58(75)76)52(72)40-41(51(43)71)49(69)31(6)54-42(40)56(73)59(8,81-54)79-21-18-39(77-9)28(3)53(80-32(7)66)30(5)48(68)29(4)47(26)67/h11-13,18,21-22,25-26,28-30,33-35,39,47-48,53,61,67-69H,14-17,19-20,23-24H2,1-10H3,(H,62,74)(H,75,76)/t26-,28+,29+,30+,39-,47-,48+,53+,59-/m0/s1. The van der Waals surface area contributed by atoms with Crippen molar-refractivity contribution in [3.05, 3.63) is 104 Å². The average molecular weight is 1120 g/mol. The molecular weight excluding hydrogens is 1050 g/mol. The lowest BCUT2D eigenvalue weighted by Gasteiger charge is -2.45. The lowest BCUT2D eigenvalue weighted by atomic mass is 9.78. The van der Waals surface area contributed by atoms with Gasteiger partial charge in [0, 0.05) is 106 Å². The fourth-order valence-electron chi connectivity index (χ4n) is 12.1. The first-order chi connectivity index (χ1) is 38.3. The molecule has 1 saturated carbocycles. The number of carboxylic acids is 1. The van der Waals surface area contributed by atoms with Gasteiger partial charge in [-0.15, -0.1) is 0 Å². The number of carboxylic acid groups (broad SMARTS) is 1. The Morgan fingerprint density at radius 1 is 0.877 bits per heavy atom. The highest BCUT2D eigenvalue weighted by molar-refractivity contribution is 6.32. The zero-order valence-electron chi connectivity index (χ0n) is 47.0. The molecule has 434 valence electrons. The Balaban J connectivity index is 1.01. The summed E-state index contributed by atoms with van der Waals surface area (Å²) in [6, 6.07) is 0.725. The van der Waals surface area contributed by atoms with Gasteiger partial charge in [-0.3, -0.25) is 28.8 Å². The van der Waals surface area contributed by atoms with Crippen LogP contribution in [0.1, 0.15) is 127 Å². The molecule has 3 aromatic rings. The summed E-state index contributed by atoms with van der Waals surface area (Å²) >= 11 is 0. The number of esters is 1. The number of nitrogens with one attached hydrogen (secondary N) is 2. The number of Topliss-reactive ketones (excluding diaryl/α,β-unsaturated/α-hetero) is 3. The van der Waals surface area contributed by atoms with E-state index in [2.05, 4.69) is 10.6 Å². The number of nitrogens with zero attached hydrogens (tertiary/aromatic N) is 3. The summed E-state index contributed by atoms with van der Waals surface area (Å²) in [5.74, 6) is -11.7. The summed E-state index contributed by atoms with van der Waals surface area (Å²) in [5.41, 5.74) is -2.61. The van der Waals surface area contributed by atoms with Crippen LogP contribution in [0.25, 0.3) is 10.9 Å². The molecule has 2 saturated heterocycles. The summed E-state index contributed by atoms with van der Waals surface area (Å²) in [4.78, 5) is 100. The molecule has 1 aromatic heterocycles. The molecule has 22 heteroatoms. The first kappa shape index (κ1) is 58.3. The Kier molecular flexibility index (Phi) is 16.2. The summed E-state index contributed by atoms with van der Waals surface area (Å²) in [5, 5.41) is 50.9. The quantitative estimate of drug-likeness (QED) is 0.146. The smallest absolute Gasteiger partial charge is 0.341 e. The molecule has 5 bridgehead atoms. The van der Waals surface area contributed by atoms with E-state index in [1.807, 2.05) is 0 Å². The lowest BCUT2D eigenvalue weighted by molar-refractivity contribution is -0.160. The number of ketones is 3. The number of piperidine rings is 1. The van der Waals surface area contributed by atoms with Gasteiger partial charge in [0.15, 0.2) is 11.6 Å². The van der Waals surface area contributed by atoms with E-state index in [1.165, 1.54) is 60.3 Å². The summed E-state index contributed by atoms with van der Waals surface area (Å²) in [6.45, 7) is 13.3. The van der Waals surface area contributed by atoms with Crippen LogP contribution in [0.2, 0.25) is 0 Å². The maximum atomic E-state index is 16.1. The van der Waals surface area contributed by atoms with Crippen LogP contribution >= 0.6 is 0 Å². The van der Waals surface area contributed by atoms with E-state index in [0.717, 1.165) is 25.2 Å². The largest absolute Gasteiger partial charge is 0.507 e. The first-order valence-corrected chi connectivity index (χ1v) is 27.3. The molecule has 21 nitrogen and oxygen atoms in total. The van der Waals surface area contributed by atoms with Crippen LogP contribution in [0.4, 0.5) is 10.1 Å². The third-order valence-electron chi connectivity index (χ3n) is 17.0. The van der Waals surface area contributed by atoms with Crippen molar-refractivity contribution in [3.63, 3.8) is 0 Å². The van der Waals surface area contributed by atoms with Gasteiger partial charge in [-0.05, 0) is 51.7 Å². The number of phenolic OH excluding ortho intramolecular Hbond substituents is 1. The van der Waals surface area contributed by atoms with Crippen molar-refractivity contribution in [3.8, 4) is 17.2 Å². The minimum atomic E-state index is -2.16. The van der Waals surface area contributed by atoms with E-state index in [1.54, 1.807) is 54.2 Å². The normalized spacial score (nSPS) is 27.9. The molecule has 6 N–H and O–H groups in total. The molecule has 0 spiro atoms. The van der Waals surface area contributed by atoms with Gasteiger partial charge in [-0.1, -0.05) is 45.9 Å². The van der Waals surface area contributed by atoms with Crippen molar-refractivity contribution in [2.24, 2.45) is 23.7 Å². The number of likely N-dealkylation sites (tertiary alicyclic amines) is 1. The number of halogens is 1. The minimum Gasteiger partial charge on any atom is -0.507 e. The number of fused-ring (bicyclic) bond motifs is 15. The number of aromatic hydroxyl groups is 1. The van der Waals surface area contributed by atoms with Gasteiger partial charge in [0.05, 0.1) is 59.3 Å². The number of aliphatic hydroxyl groups excluding tert-OH is 2. The number of phenols is 1. The second kappa shape index (κ2) is 22.5. The summed E-state index contributed by atoms with van der Waals surface area (Å²) in [6.07, 6.45) is 6.82. The molecule has 2 aliphatic carbocycles. The topological polar surface area (TPSA) is 282 Å². The third kappa shape index (κ3) is 10.5. The fraction of sp³-hybridized carbons (Fsp3) is 0.508. The van der Waals surface area contributed by atoms with Crippen molar-refractivity contribution >= 4 is 51.8 Å². The second-order valence-electron chi connectivity index (χ2n) is 22.5. The molecule has 2 aromatic carbocycles. The van der Waals surface area contributed by atoms with E-state index in [-0.39, 0.29) is 76.2 Å². The highest BCUT2D eigenvalue weighted by Gasteiger charge is 2.53. The molecule has 9 atom stereocenters. The van der Waals surface area contributed by atoms with Gasteiger partial charge >= 0.3 is 17.7 Å². The molecule has 5 aliphatic heterocycles. The van der Waals surface area contributed by atoms with Crippen LogP contribution in [0.5, 0.6) is 17.2 Å². The van der Waals surface area contributed by atoms with Gasteiger partial charge < -0.3 is 69.1 Å². The van der Waals surface area contributed by atoms with E-state index < -0.39 is 128 Å². The number of pyridine rings is 1. The van der Waals surface area contributed by atoms with Crippen LogP contribution < -0.4 is 30.4 Å². The average Bonchev–Trinajstić information content (AvgIpc) is 4.46. The Morgan fingerprint density at radius 2 is 1.56 bits per heavy atom. The number of aromatic nitrogens is 1. The van der Waals surface area contributed by atoms with Crippen molar-refractivity contribution < 1.29 is 77.3 Å². The van der Waals surface area contributed by atoms with Crippen LogP contribution in [-0.2, 0) is 23.8 Å². The number of carbonyl (C=O) groups is 6. The Hall–Kier alpha value is -7.40. The summed E-state index contributed by atoms with van der Waals surface area (Å²) < 4.78 is 47.4. The zero-order valence-corrected chi connectivity index (χ0v) is 47.0. The van der Waals surface area contributed by atoms with Crippen molar-refractivity contribution in [2.45, 2.75) is 129 Å². The molecule has 1 amide bonds. The lowest BCUT2D eigenvalue weighted by Crippen LogP contribution is -2.61. The molecule has 0 unspecified atom stereocenters. The second-order valence-corrected chi connectivity index (χ2v) is 22.5. The highest BCUT2D eigenvalue weighted by Crippen LogP contribution is 2.50. The first-order valence-electron chi connectivity index (χ1n) is 27.3. The number of amides is 1. The number of anilines is 1. The van der Waals surface area contributed by atoms with Crippen LogP contribution in [0.15, 0.2) is 64.6 Å². The SMILES string of the molecule is COc1c(N2CC(NC3CCN(C4=C5NC(=O)C(C)=CC=C[C@H](C)[C@H](O)[C@@H](C)[C@@H](O)[C@@H](C)[C@H](OC(C)=O)[C@H](C)[C@@H](OC)C=CO[C@@]6(C)Oc7c(C)c(O)c(c(c7C6=O)C4=O)C5=O)CC3)C2)c(F)cc2c(=O)c(C(=O)O)cn(C3CC3)c12. The predicted octanol–water partition coefficient (Wildman–Crippen LogP) is 5.40. The van der Waals surface area contributed by atoms with Gasteiger partial charge in [-0.25, -0.2) is 9.18 Å². The number of aromatic carboxylic acids is 1. The molecule has 81 heavy (non-hydrogen) atoms. The molecule has 6 heterocycles. The highest BCUT2D eigenvalue weighted by atomic mass is 19.1. The van der Waals surface area contributed by atoms with E-state index in [9.17, 15) is 44.4 Å². The number of ether oxygens (including phenoxy) is 5. The number of allylic oxidation sites excluding steroid dienone is 4.